The van der Waals surface area contributed by atoms with E-state index in [4.69, 9.17) is 4.74 Å². The zero-order valence-corrected chi connectivity index (χ0v) is 13.4. The number of thiophene rings is 1. The second-order valence-electron chi connectivity index (χ2n) is 4.87. The number of thiazole rings is 1. The van der Waals surface area contributed by atoms with Crippen LogP contribution in [0.25, 0.3) is 0 Å². The van der Waals surface area contributed by atoms with Gasteiger partial charge in [-0.3, -0.25) is 5.32 Å². The molecule has 1 N–H and O–H groups in total. The number of likely N-dealkylation sites (N-methyl/N-ethyl adjacent to an activating group) is 1. The molecule has 0 aliphatic carbocycles. The number of nitrogens with one attached hydrogen (secondary N) is 1. The SMILES string of the molecule is CN(CCc1cccs1)C(=O)Nc1nc2c(s1)COCC2. The highest BCUT2D eigenvalue weighted by molar-refractivity contribution is 7.15. The molecule has 5 nitrogen and oxygen atoms in total. The molecule has 2 aromatic heterocycles. The number of carbonyl (C=O) groups excluding carboxylic acids is 1. The lowest BCUT2D eigenvalue weighted by Gasteiger charge is -2.16. The van der Waals surface area contributed by atoms with E-state index >= 15 is 0 Å². The molecule has 0 atom stereocenters. The first-order valence-corrected chi connectivity index (χ1v) is 8.53. The molecule has 2 aromatic rings. The summed E-state index contributed by atoms with van der Waals surface area (Å²) in [6, 6.07) is 4.01. The largest absolute Gasteiger partial charge is 0.375 e. The summed E-state index contributed by atoms with van der Waals surface area (Å²) >= 11 is 3.22. The Morgan fingerprint density at radius 2 is 2.48 bits per heavy atom. The molecule has 0 bridgehead atoms. The van der Waals surface area contributed by atoms with E-state index in [2.05, 4.69) is 21.7 Å². The standard InChI is InChI=1S/C14H17N3O2S2/c1-17(6-4-10-3-2-8-20-10)14(18)16-13-15-11-5-7-19-9-12(11)21-13/h2-3,8H,4-7,9H2,1H3,(H,15,16,18). The number of nitrogens with zero attached hydrogens (tertiary/aromatic N) is 2. The molecular formula is C14H17N3O2S2. The number of urea groups is 1. The minimum absolute atomic E-state index is 0.112. The van der Waals surface area contributed by atoms with Crippen molar-refractivity contribution in [2.75, 3.05) is 25.5 Å². The lowest BCUT2D eigenvalue weighted by molar-refractivity contribution is 0.112. The Morgan fingerprint density at radius 1 is 1.57 bits per heavy atom. The van der Waals surface area contributed by atoms with E-state index in [0.29, 0.717) is 24.9 Å². The van der Waals surface area contributed by atoms with Crippen molar-refractivity contribution in [1.29, 1.82) is 0 Å². The van der Waals surface area contributed by atoms with Crippen molar-refractivity contribution >= 4 is 33.8 Å². The van der Waals surface area contributed by atoms with Gasteiger partial charge in [-0.25, -0.2) is 9.78 Å². The Hall–Kier alpha value is -1.44. The van der Waals surface area contributed by atoms with Gasteiger partial charge in [0.2, 0.25) is 0 Å². The Kier molecular flexibility index (Phi) is 4.52. The van der Waals surface area contributed by atoms with Crippen LogP contribution < -0.4 is 5.32 Å². The van der Waals surface area contributed by atoms with E-state index in [1.165, 1.54) is 16.2 Å². The number of anilines is 1. The fraction of sp³-hybridized carbons (Fsp3) is 0.429. The molecule has 112 valence electrons. The van der Waals surface area contributed by atoms with Crippen LogP contribution >= 0.6 is 22.7 Å². The molecule has 3 heterocycles. The summed E-state index contributed by atoms with van der Waals surface area (Å²) in [6.45, 7) is 2.02. The van der Waals surface area contributed by atoms with Crippen LogP contribution in [0.2, 0.25) is 0 Å². The van der Waals surface area contributed by atoms with Crippen LogP contribution in [-0.4, -0.2) is 36.1 Å². The van der Waals surface area contributed by atoms with Gasteiger partial charge in [0.1, 0.15) is 0 Å². The topological polar surface area (TPSA) is 54.5 Å². The lowest BCUT2D eigenvalue weighted by Crippen LogP contribution is -2.32. The van der Waals surface area contributed by atoms with Crippen LogP contribution in [0.4, 0.5) is 9.93 Å². The third-order valence-electron chi connectivity index (χ3n) is 3.33. The second kappa shape index (κ2) is 6.55. The Labute approximate surface area is 131 Å². The highest BCUT2D eigenvalue weighted by Crippen LogP contribution is 2.27. The summed E-state index contributed by atoms with van der Waals surface area (Å²) in [7, 11) is 1.81. The Balaban J connectivity index is 1.54. The summed E-state index contributed by atoms with van der Waals surface area (Å²) < 4.78 is 5.39. The summed E-state index contributed by atoms with van der Waals surface area (Å²) in [5, 5.41) is 5.59. The number of aromatic nitrogens is 1. The number of carbonyl (C=O) groups is 1. The lowest BCUT2D eigenvalue weighted by atomic mass is 10.2. The predicted octanol–water partition coefficient (Wildman–Crippen LogP) is 2.98. The molecule has 2 amide bonds. The maximum absolute atomic E-state index is 12.1. The number of hydrogen-bond donors (Lipinski definition) is 1. The average molecular weight is 323 g/mol. The van der Waals surface area contributed by atoms with Crippen LogP contribution in [0.5, 0.6) is 0 Å². The second-order valence-corrected chi connectivity index (χ2v) is 6.99. The van der Waals surface area contributed by atoms with E-state index in [1.807, 2.05) is 6.07 Å². The van der Waals surface area contributed by atoms with Crippen molar-refractivity contribution in [1.82, 2.24) is 9.88 Å². The molecule has 0 aromatic carbocycles. The van der Waals surface area contributed by atoms with Crippen LogP contribution in [0, 0.1) is 0 Å². The minimum Gasteiger partial charge on any atom is -0.375 e. The predicted molar refractivity (Wildman–Crippen MR) is 85.1 cm³/mol. The van der Waals surface area contributed by atoms with Crippen molar-refractivity contribution in [3.05, 3.63) is 33.0 Å². The maximum atomic E-state index is 12.1. The minimum atomic E-state index is -0.112. The highest BCUT2D eigenvalue weighted by atomic mass is 32.1. The smallest absolute Gasteiger partial charge is 0.323 e. The molecular weight excluding hydrogens is 306 g/mol. The summed E-state index contributed by atoms with van der Waals surface area (Å²) in [4.78, 5) is 20.7. The number of rotatable bonds is 4. The fourth-order valence-corrected chi connectivity index (χ4v) is 3.73. The first-order chi connectivity index (χ1) is 10.2. The van der Waals surface area contributed by atoms with Crippen LogP contribution in [-0.2, 0) is 24.2 Å². The number of amides is 2. The van der Waals surface area contributed by atoms with Gasteiger partial charge in [-0.2, -0.15) is 0 Å². The summed E-state index contributed by atoms with van der Waals surface area (Å²) in [5.41, 5.74) is 1.06. The average Bonchev–Trinajstić information content (AvgIpc) is 3.13. The maximum Gasteiger partial charge on any atom is 0.323 e. The Morgan fingerprint density at radius 3 is 3.24 bits per heavy atom. The summed E-state index contributed by atoms with van der Waals surface area (Å²) in [6.07, 6.45) is 1.71. The molecule has 3 rings (SSSR count). The van der Waals surface area contributed by atoms with Gasteiger partial charge >= 0.3 is 6.03 Å². The molecule has 0 radical (unpaired) electrons. The molecule has 0 fully saturated rings. The van der Waals surface area contributed by atoms with Gasteiger partial charge in [0, 0.05) is 24.9 Å². The van der Waals surface area contributed by atoms with Crippen molar-refractivity contribution in [3.63, 3.8) is 0 Å². The molecule has 0 saturated heterocycles. The van der Waals surface area contributed by atoms with E-state index in [-0.39, 0.29) is 6.03 Å². The first-order valence-electron chi connectivity index (χ1n) is 6.83. The van der Waals surface area contributed by atoms with Crippen LogP contribution in [0.3, 0.4) is 0 Å². The van der Waals surface area contributed by atoms with Gasteiger partial charge in [-0.05, 0) is 17.9 Å². The molecule has 1 aliphatic rings. The zero-order valence-electron chi connectivity index (χ0n) is 11.8. The third kappa shape index (κ3) is 3.61. The summed E-state index contributed by atoms with van der Waals surface area (Å²) in [5.74, 6) is 0. The number of hydrogen-bond acceptors (Lipinski definition) is 5. The first kappa shape index (κ1) is 14.5. The molecule has 0 spiro atoms. The molecule has 0 unspecified atom stereocenters. The molecule has 7 heteroatoms. The van der Waals surface area contributed by atoms with E-state index in [0.717, 1.165) is 23.4 Å². The van der Waals surface area contributed by atoms with Gasteiger partial charge in [-0.1, -0.05) is 17.4 Å². The van der Waals surface area contributed by atoms with Crippen molar-refractivity contribution in [2.45, 2.75) is 19.4 Å². The van der Waals surface area contributed by atoms with Crippen LogP contribution in [0.1, 0.15) is 15.4 Å². The van der Waals surface area contributed by atoms with Crippen molar-refractivity contribution < 1.29 is 9.53 Å². The van der Waals surface area contributed by atoms with Crippen molar-refractivity contribution in [2.24, 2.45) is 0 Å². The van der Waals surface area contributed by atoms with Crippen LogP contribution in [0.15, 0.2) is 17.5 Å². The number of ether oxygens (including phenoxy) is 1. The van der Waals surface area contributed by atoms with Gasteiger partial charge in [0.25, 0.3) is 0 Å². The number of fused-ring (bicyclic) bond motifs is 1. The molecule has 21 heavy (non-hydrogen) atoms. The van der Waals surface area contributed by atoms with Gasteiger partial charge in [-0.15, -0.1) is 11.3 Å². The van der Waals surface area contributed by atoms with E-state index in [1.54, 1.807) is 23.3 Å². The van der Waals surface area contributed by atoms with E-state index < -0.39 is 0 Å². The van der Waals surface area contributed by atoms with Gasteiger partial charge in [0.05, 0.1) is 23.8 Å². The molecule has 0 saturated carbocycles. The van der Waals surface area contributed by atoms with Gasteiger partial charge < -0.3 is 9.64 Å². The van der Waals surface area contributed by atoms with Gasteiger partial charge in [0.15, 0.2) is 5.13 Å². The Bertz CT molecular complexity index is 586. The third-order valence-corrected chi connectivity index (χ3v) is 5.25. The monoisotopic (exact) mass is 323 g/mol. The normalized spacial score (nSPS) is 13.8. The zero-order chi connectivity index (χ0) is 14.7. The fourth-order valence-electron chi connectivity index (χ4n) is 2.10. The molecule has 1 aliphatic heterocycles. The van der Waals surface area contributed by atoms with E-state index in [9.17, 15) is 4.79 Å². The van der Waals surface area contributed by atoms with Crippen molar-refractivity contribution in [3.8, 4) is 0 Å². The highest BCUT2D eigenvalue weighted by Gasteiger charge is 2.17. The quantitative estimate of drug-likeness (QED) is 0.941.